The van der Waals surface area contributed by atoms with Gasteiger partial charge in [0.2, 0.25) is 0 Å². The first-order chi connectivity index (χ1) is 9.81. The van der Waals surface area contributed by atoms with Crippen LogP contribution in [0.4, 0.5) is 10.8 Å². The van der Waals surface area contributed by atoms with E-state index in [2.05, 4.69) is 5.32 Å². The fourth-order valence-corrected chi connectivity index (χ4v) is 2.75. The number of aryl methyl sites for hydroxylation is 1. The molecular weight excluding hydrogens is 298 g/mol. The summed E-state index contributed by atoms with van der Waals surface area (Å²) in [7, 11) is 1.41. The molecule has 2 N–H and O–H groups in total. The summed E-state index contributed by atoms with van der Waals surface area (Å²) < 4.78 is 1.16. The molecule has 0 aliphatic carbocycles. The van der Waals surface area contributed by atoms with E-state index < -0.39 is 16.8 Å². The first kappa shape index (κ1) is 14.7. The molecule has 110 valence electrons. The van der Waals surface area contributed by atoms with Crippen LogP contribution < -0.4 is 5.32 Å². The van der Waals surface area contributed by atoms with Gasteiger partial charge in [0, 0.05) is 6.07 Å². The van der Waals surface area contributed by atoms with Gasteiger partial charge in [-0.3, -0.25) is 4.79 Å². The molecule has 0 fully saturated rings. The van der Waals surface area contributed by atoms with Crippen LogP contribution in [0.25, 0.3) is 0 Å². The summed E-state index contributed by atoms with van der Waals surface area (Å²) >= 11 is 0.935. The molecule has 9 heteroatoms. The van der Waals surface area contributed by atoms with E-state index in [1.54, 1.807) is 13.0 Å². The third-order valence-corrected chi connectivity index (χ3v) is 4.00. The molecule has 0 aliphatic heterocycles. The number of nitrogens with zero attached hydrogens (tertiary/aromatic N) is 2. The normalized spacial score (nSPS) is 10.4. The predicted octanol–water partition coefficient (Wildman–Crippen LogP) is 2.25. The number of amides is 1. The largest absolute Gasteiger partial charge is 0.477 e. The van der Waals surface area contributed by atoms with Crippen molar-refractivity contribution in [3.8, 4) is 0 Å². The average molecular weight is 309 g/mol. The van der Waals surface area contributed by atoms with Crippen molar-refractivity contribution in [2.75, 3.05) is 5.32 Å². The Kier molecular flexibility index (Phi) is 3.76. The second-order valence-electron chi connectivity index (χ2n) is 4.27. The van der Waals surface area contributed by atoms with Gasteiger partial charge in [0.1, 0.15) is 4.88 Å². The molecule has 1 amide bonds. The van der Waals surface area contributed by atoms with Gasteiger partial charge in [0.15, 0.2) is 5.69 Å². The third kappa shape index (κ3) is 2.77. The molecule has 0 radical (unpaired) electrons. The number of hydrogen-bond acceptors (Lipinski definition) is 5. The molecule has 0 aliphatic rings. The first-order valence-corrected chi connectivity index (χ1v) is 6.58. The Balaban J connectivity index is 2.24. The van der Waals surface area contributed by atoms with E-state index in [0.29, 0.717) is 10.6 Å². The zero-order chi connectivity index (χ0) is 15.7. The Morgan fingerprint density at radius 3 is 2.57 bits per heavy atom. The molecule has 0 unspecified atom stereocenters. The number of aromatic nitrogens is 1. The van der Waals surface area contributed by atoms with Crippen LogP contribution in [0.3, 0.4) is 0 Å². The number of thiophene rings is 1. The fraction of sp³-hybridized carbons (Fsp3) is 0.167. The number of carboxylic acids is 1. The summed E-state index contributed by atoms with van der Waals surface area (Å²) in [6, 6.07) is 4.12. The Morgan fingerprint density at radius 2 is 2.10 bits per heavy atom. The Hall–Kier alpha value is -2.68. The summed E-state index contributed by atoms with van der Waals surface area (Å²) in [5.41, 5.74) is 0.658. The van der Waals surface area contributed by atoms with Crippen molar-refractivity contribution in [3.05, 3.63) is 44.4 Å². The van der Waals surface area contributed by atoms with Gasteiger partial charge in [-0.1, -0.05) is 0 Å². The van der Waals surface area contributed by atoms with E-state index in [1.165, 1.54) is 19.2 Å². The monoisotopic (exact) mass is 309 g/mol. The van der Waals surface area contributed by atoms with E-state index in [-0.39, 0.29) is 16.4 Å². The number of nitrogens with one attached hydrogen (secondary N) is 1. The van der Waals surface area contributed by atoms with Gasteiger partial charge >= 0.3 is 11.8 Å². The van der Waals surface area contributed by atoms with Crippen LogP contribution in [0.1, 0.15) is 25.7 Å². The minimum Gasteiger partial charge on any atom is -0.477 e. The lowest BCUT2D eigenvalue weighted by Gasteiger charge is -2.01. The molecule has 8 nitrogen and oxygen atoms in total. The van der Waals surface area contributed by atoms with Crippen molar-refractivity contribution in [1.82, 2.24) is 4.57 Å². The Bertz CT molecular complexity index is 746. The molecule has 2 aromatic rings. The molecule has 21 heavy (non-hydrogen) atoms. The summed E-state index contributed by atoms with van der Waals surface area (Å²) in [5.74, 6) is -1.80. The summed E-state index contributed by atoms with van der Waals surface area (Å²) in [4.78, 5) is 33.3. The molecule has 0 spiro atoms. The molecule has 0 saturated carbocycles. The van der Waals surface area contributed by atoms with Crippen molar-refractivity contribution in [2.24, 2.45) is 7.05 Å². The lowest BCUT2D eigenvalue weighted by atomic mass is 10.3. The van der Waals surface area contributed by atoms with Gasteiger partial charge in [0.05, 0.1) is 12.0 Å². The van der Waals surface area contributed by atoms with E-state index in [9.17, 15) is 19.7 Å². The van der Waals surface area contributed by atoms with E-state index in [0.717, 1.165) is 15.9 Å². The van der Waals surface area contributed by atoms with E-state index >= 15 is 0 Å². The summed E-state index contributed by atoms with van der Waals surface area (Å²) in [5, 5.41) is 22.6. The standard InChI is InChI=1S/C12H11N3O5S/c1-6-5-8(21-10(6)12(17)18)13-11(16)7-3-4-9(14(7)2)15(19)20/h3-5H,1-2H3,(H,13,16)(H,17,18). The van der Waals surface area contributed by atoms with Crippen LogP contribution in [-0.2, 0) is 7.05 Å². The number of hydrogen-bond donors (Lipinski definition) is 2. The zero-order valence-electron chi connectivity index (χ0n) is 11.1. The van der Waals surface area contributed by atoms with Crippen molar-refractivity contribution >= 4 is 34.0 Å². The maximum absolute atomic E-state index is 12.1. The smallest absolute Gasteiger partial charge is 0.346 e. The number of aromatic carboxylic acids is 1. The second-order valence-corrected chi connectivity index (χ2v) is 5.33. The average Bonchev–Trinajstić information content (AvgIpc) is 2.92. The highest BCUT2D eigenvalue weighted by molar-refractivity contribution is 7.18. The van der Waals surface area contributed by atoms with Crippen molar-refractivity contribution < 1.29 is 19.6 Å². The maximum Gasteiger partial charge on any atom is 0.346 e. The van der Waals surface area contributed by atoms with Gasteiger partial charge in [-0.2, -0.15) is 0 Å². The molecule has 2 aromatic heterocycles. The number of carboxylic acid groups (broad SMARTS) is 1. The molecule has 0 bridgehead atoms. The topological polar surface area (TPSA) is 114 Å². The molecule has 0 atom stereocenters. The fourth-order valence-electron chi connectivity index (χ4n) is 1.84. The van der Waals surface area contributed by atoms with Crippen molar-refractivity contribution in [1.29, 1.82) is 0 Å². The highest BCUT2D eigenvalue weighted by Gasteiger charge is 2.22. The van der Waals surface area contributed by atoms with Crippen LogP contribution in [0.2, 0.25) is 0 Å². The molecule has 0 aromatic carbocycles. The van der Waals surface area contributed by atoms with Crippen molar-refractivity contribution in [3.63, 3.8) is 0 Å². The van der Waals surface area contributed by atoms with Crippen LogP contribution in [0.5, 0.6) is 0 Å². The van der Waals surface area contributed by atoms with Crippen molar-refractivity contribution in [2.45, 2.75) is 6.92 Å². The number of rotatable bonds is 4. The van der Waals surface area contributed by atoms with Gasteiger partial charge in [-0.05, 0) is 29.5 Å². The first-order valence-electron chi connectivity index (χ1n) is 5.76. The highest BCUT2D eigenvalue weighted by Crippen LogP contribution is 2.27. The number of anilines is 1. The number of carbonyl (C=O) groups is 2. The lowest BCUT2D eigenvalue weighted by molar-refractivity contribution is -0.391. The third-order valence-electron chi connectivity index (χ3n) is 2.86. The highest BCUT2D eigenvalue weighted by atomic mass is 32.1. The summed E-state index contributed by atoms with van der Waals surface area (Å²) in [6.07, 6.45) is 0. The van der Waals surface area contributed by atoms with Gasteiger partial charge in [-0.25, -0.2) is 9.36 Å². The minimum absolute atomic E-state index is 0.115. The van der Waals surface area contributed by atoms with Gasteiger partial charge in [-0.15, -0.1) is 11.3 Å². The van der Waals surface area contributed by atoms with Gasteiger partial charge in [0.25, 0.3) is 5.91 Å². The van der Waals surface area contributed by atoms with Crippen LogP contribution in [0.15, 0.2) is 18.2 Å². The summed E-state index contributed by atoms with van der Waals surface area (Å²) in [6.45, 7) is 1.63. The number of nitro groups is 1. The lowest BCUT2D eigenvalue weighted by Crippen LogP contribution is -2.15. The Morgan fingerprint density at radius 1 is 1.43 bits per heavy atom. The van der Waals surface area contributed by atoms with E-state index in [1.807, 2.05) is 0 Å². The number of carbonyl (C=O) groups excluding carboxylic acids is 1. The molecule has 2 rings (SSSR count). The maximum atomic E-state index is 12.1. The molecule has 2 heterocycles. The minimum atomic E-state index is -1.06. The molecule has 0 saturated heterocycles. The second kappa shape index (κ2) is 5.37. The molecular formula is C12H11N3O5S. The van der Waals surface area contributed by atoms with Crippen LogP contribution in [0, 0.1) is 17.0 Å². The van der Waals surface area contributed by atoms with Crippen LogP contribution in [-0.4, -0.2) is 26.5 Å². The Labute approximate surface area is 122 Å². The van der Waals surface area contributed by atoms with Crippen LogP contribution >= 0.6 is 11.3 Å². The van der Waals surface area contributed by atoms with E-state index in [4.69, 9.17) is 5.11 Å². The zero-order valence-corrected chi connectivity index (χ0v) is 11.9. The SMILES string of the molecule is Cc1cc(NC(=O)c2ccc([N+](=O)[O-])n2C)sc1C(=O)O. The quantitative estimate of drug-likeness (QED) is 0.664. The predicted molar refractivity (Wildman–Crippen MR) is 76.0 cm³/mol. The van der Waals surface area contributed by atoms with Gasteiger partial charge < -0.3 is 20.5 Å².